The van der Waals surface area contributed by atoms with E-state index < -0.39 is 11.8 Å². The highest BCUT2D eigenvalue weighted by Crippen LogP contribution is 2.37. The van der Waals surface area contributed by atoms with Crippen LogP contribution >= 0.6 is 0 Å². The first-order valence-corrected chi connectivity index (χ1v) is 5.58. The molecule has 0 fully saturated rings. The minimum Gasteiger partial charge on any atom is -0.511 e. The van der Waals surface area contributed by atoms with E-state index in [1.807, 2.05) is 0 Å². The third kappa shape index (κ3) is 1.32. The van der Waals surface area contributed by atoms with Gasteiger partial charge in [0.25, 0.3) is 0 Å². The SMILES string of the molecule is O=C1c2ccccc2C(=O)C2C(O)=CC(O)=CC12. The Morgan fingerprint density at radius 1 is 0.944 bits per heavy atom. The van der Waals surface area contributed by atoms with Gasteiger partial charge in [-0.2, -0.15) is 0 Å². The molecule has 0 amide bonds. The molecule has 0 aliphatic heterocycles. The summed E-state index contributed by atoms with van der Waals surface area (Å²) in [5, 5.41) is 19.2. The Morgan fingerprint density at radius 2 is 1.56 bits per heavy atom. The van der Waals surface area contributed by atoms with Crippen LogP contribution in [-0.4, -0.2) is 21.8 Å². The van der Waals surface area contributed by atoms with E-state index in [1.54, 1.807) is 24.3 Å². The quantitative estimate of drug-likeness (QED) is 0.731. The smallest absolute Gasteiger partial charge is 0.175 e. The Balaban J connectivity index is 2.22. The molecule has 2 unspecified atom stereocenters. The lowest BCUT2D eigenvalue weighted by Gasteiger charge is -2.30. The molecule has 4 heteroatoms. The number of Topliss-reactive ketones (excluding diaryl/α,β-unsaturated/α-hetero) is 2. The van der Waals surface area contributed by atoms with E-state index in [9.17, 15) is 19.8 Å². The number of aliphatic hydroxyl groups excluding tert-OH is 2. The van der Waals surface area contributed by atoms with E-state index >= 15 is 0 Å². The van der Waals surface area contributed by atoms with Crippen molar-refractivity contribution in [3.63, 3.8) is 0 Å². The minimum atomic E-state index is -0.900. The fraction of sp³-hybridized carbons (Fsp3) is 0.143. The van der Waals surface area contributed by atoms with Gasteiger partial charge in [0.1, 0.15) is 11.5 Å². The lowest BCUT2D eigenvalue weighted by Crippen LogP contribution is -2.38. The summed E-state index contributed by atoms with van der Waals surface area (Å²) >= 11 is 0. The average molecular weight is 242 g/mol. The molecule has 18 heavy (non-hydrogen) atoms. The highest BCUT2D eigenvalue weighted by molar-refractivity contribution is 6.17. The van der Waals surface area contributed by atoms with Gasteiger partial charge in [-0.25, -0.2) is 0 Å². The molecule has 0 radical (unpaired) electrons. The van der Waals surface area contributed by atoms with Crippen molar-refractivity contribution < 1.29 is 19.8 Å². The van der Waals surface area contributed by atoms with Crippen LogP contribution in [0.15, 0.2) is 47.9 Å². The predicted molar refractivity (Wildman–Crippen MR) is 63.5 cm³/mol. The van der Waals surface area contributed by atoms with Gasteiger partial charge in [0, 0.05) is 17.2 Å². The Labute approximate surface area is 103 Å². The van der Waals surface area contributed by atoms with Gasteiger partial charge in [-0.1, -0.05) is 24.3 Å². The molecule has 1 aromatic carbocycles. The maximum absolute atomic E-state index is 12.2. The lowest BCUT2D eigenvalue weighted by atomic mass is 9.71. The molecule has 90 valence electrons. The molecule has 3 rings (SSSR count). The summed E-state index contributed by atoms with van der Waals surface area (Å²) in [6, 6.07) is 6.54. The van der Waals surface area contributed by atoms with Gasteiger partial charge in [0.2, 0.25) is 0 Å². The van der Waals surface area contributed by atoms with Crippen LogP contribution in [0.3, 0.4) is 0 Å². The van der Waals surface area contributed by atoms with Gasteiger partial charge >= 0.3 is 0 Å². The first-order chi connectivity index (χ1) is 8.59. The van der Waals surface area contributed by atoms with Crippen molar-refractivity contribution in [3.8, 4) is 0 Å². The summed E-state index contributed by atoms with van der Waals surface area (Å²) in [4.78, 5) is 24.5. The maximum atomic E-state index is 12.2. The summed E-state index contributed by atoms with van der Waals surface area (Å²) in [5.74, 6) is -2.68. The van der Waals surface area contributed by atoms with E-state index in [0.717, 1.165) is 6.08 Å². The molecule has 2 atom stereocenters. The fourth-order valence-electron chi connectivity index (χ4n) is 2.54. The maximum Gasteiger partial charge on any atom is 0.175 e. The molecular formula is C14H10O4. The van der Waals surface area contributed by atoms with Crippen LogP contribution in [0.4, 0.5) is 0 Å². The largest absolute Gasteiger partial charge is 0.511 e. The van der Waals surface area contributed by atoms with Crippen LogP contribution in [-0.2, 0) is 0 Å². The second-order valence-corrected chi connectivity index (χ2v) is 4.44. The number of allylic oxidation sites excluding steroid dienone is 3. The van der Waals surface area contributed by atoms with Gasteiger partial charge < -0.3 is 10.2 Å². The van der Waals surface area contributed by atoms with Crippen molar-refractivity contribution in [3.05, 3.63) is 59.1 Å². The molecule has 2 aliphatic rings. The van der Waals surface area contributed by atoms with E-state index in [2.05, 4.69) is 0 Å². The highest BCUT2D eigenvalue weighted by atomic mass is 16.3. The van der Waals surface area contributed by atoms with Crippen molar-refractivity contribution in [2.45, 2.75) is 0 Å². The van der Waals surface area contributed by atoms with Crippen molar-refractivity contribution in [2.75, 3.05) is 0 Å². The number of carbonyl (C=O) groups is 2. The van der Waals surface area contributed by atoms with Crippen LogP contribution < -0.4 is 0 Å². The Kier molecular flexibility index (Phi) is 2.13. The molecule has 4 nitrogen and oxygen atoms in total. The number of rotatable bonds is 0. The van der Waals surface area contributed by atoms with Crippen molar-refractivity contribution in [1.29, 1.82) is 0 Å². The topological polar surface area (TPSA) is 74.6 Å². The zero-order valence-corrected chi connectivity index (χ0v) is 9.33. The predicted octanol–water partition coefficient (Wildman–Crippen LogP) is 2.20. The van der Waals surface area contributed by atoms with Gasteiger partial charge in [-0.3, -0.25) is 9.59 Å². The number of hydrogen-bond donors (Lipinski definition) is 2. The third-order valence-corrected chi connectivity index (χ3v) is 3.37. The van der Waals surface area contributed by atoms with Crippen molar-refractivity contribution >= 4 is 11.6 Å². The third-order valence-electron chi connectivity index (χ3n) is 3.37. The lowest BCUT2D eigenvalue weighted by molar-refractivity contribution is 0.0753. The van der Waals surface area contributed by atoms with Gasteiger partial charge in [-0.15, -0.1) is 0 Å². The monoisotopic (exact) mass is 242 g/mol. The summed E-state index contributed by atoms with van der Waals surface area (Å²) < 4.78 is 0. The minimum absolute atomic E-state index is 0.186. The summed E-state index contributed by atoms with van der Waals surface area (Å²) in [6.07, 6.45) is 2.43. The van der Waals surface area contributed by atoms with Crippen molar-refractivity contribution in [2.24, 2.45) is 11.8 Å². The van der Waals surface area contributed by atoms with E-state index in [-0.39, 0.29) is 23.1 Å². The second kappa shape index (κ2) is 3.57. The molecule has 0 heterocycles. The summed E-state index contributed by atoms with van der Waals surface area (Å²) in [5.41, 5.74) is 0.681. The van der Waals surface area contributed by atoms with Crippen LogP contribution in [0, 0.1) is 11.8 Å². The molecule has 0 bridgehead atoms. The molecule has 0 saturated heterocycles. The van der Waals surface area contributed by atoms with Crippen LogP contribution in [0.1, 0.15) is 20.7 Å². The number of ketones is 2. The van der Waals surface area contributed by atoms with E-state index in [0.29, 0.717) is 11.1 Å². The van der Waals surface area contributed by atoms with Gasteiger partial charge in [-0.05, 0) is 6.08 Å². The molecule has 0 aromatic heterocycles. The zero-order valence-electron chi connectivity index (χ0n) is 9.33. The standard InChI is InChI=1S/C14H10O4/c15-7-5-10-12(11(16)6-7)14(18)9-4-2-1-3-8(9)13(10)17/h1-6,10,12,15-16H. The first kappa shape index (κ1) is 10.8. The number of benzene rings is 1. The number of carbonyl (C=O) groups excluding carboxylic acids is 2. The Morgan fingerprint density at radius 3 is 2.22 bits per heavy atom. The number of aliphatic hydroxyl groups is 2. The number of fused-ring (bicyclic) bond motifs is 2. The Bertz CT molecular complexity index is 624. The molecule has 2 N–H and O–H groups in total. The number of hydrogen-bond acceptors (Lipinski definition) is 4. The van der Waals surface area contributed by atoms with Gasteiger partial charge in [0.15, 0.2) is 11.6 Å². The average Bonchev–Trinajstić information content (AvgIpc) is 2.35. The molecule has 2 aliphatic carbocycles. The second-order valence-electron chi connectivity index (χ2n) is 4.44. The van der Waals surface area contributed by atoms with Crippen molar-refractivity contribution in [1.82, 2.24) is 0 Å². The molecule has 0 spiro atoms. The van der Waals surface area contributed by atoms with Gasteiger partial charge in [0.05, 0.1) is 11.8 Å². The molecule has 1 aromatic rings. The summed E-state index contributed by atoms with van der Waals surface area (Å²) in [6.45, 7) is 0. The zero-order chi connectivity index (χ0) is 12.9. The molecule has 0 saturated carbocycles. The first-order valence-electron chi connectivity index (χ1n) is 5.58. The van der Waals surface area contributed by atoms with Crippen LogP contribution in [0.5, 0.6) is 0 Å². The normalized spacial score (nSPS) is 26.0. The van der Waals surface area contributed by atoms with E-state index in [1.165, 1.54) is 6.08 Å². The fourth-order valence-corrected chi connectivity index (χ4v) is 2.54. The van der Waals surface area contributed by atoms with Crippen LogP contribution in [0.25, 0.3) is 0 Å². The van der Waals surface area contributed by atoms with E-state index in [4.69, 9.17) is 0 Å². The Hall–Kier alpha value is -2.36. The highest BCUT2D eigenvalue weighted by Gasteiger charge is 2.44. The molecular weight excluding hydrogens is 232 g/mol. The van der Waals surface area contributed by atoms with Crippen LogP contribution in [0.2, 0.25) is 0 Å². The summed E-state index contributed by atoms with van der Waals surface area (Å²) in [7, 11) is 0.